The van der Waals surface area contributed by atoms with Crippen LogP contribution in [0.2, 0.25) is 0 Å². The van der Waals surface area contributed by atoms with E-state index in [1.165, 1.54) is 6.07 Å². The van der Waals surface area contributed by atoms with E-state index in [0.29, 0.717) is 18.7 Å². The first kappa shape index (κ1) is 30.9. The van der Waals surface area contributed by atoms with Gasteiger partial charge < -0.3 is 20.3 Å². The number of ether oxygens (including phenoxy) is 1. The second-order valence-electron chi connectivity index (χ2n) is 10.8. The third kappa shape index (κ3) is 7.94. The zero-order chi connectivity index (χ0) is 29.3. The number of likely N-dealkylation sites (tertiary alicyclic amines) is 1. The Morgan fingerprint density at radius 3 is 2.77 bits per heavy atom. The number of anilines is 1. The Hall–Kier alpha value is -3.66. The summed E-state index contributed by atoms with van der Waals surface area (Å²) >= 11 is 0. The average molecular weight is 554 g/mol. The van der Waals surface area contributed by atoms with Gasteiger partial charge in [0.1, 0.15) is 17.2 Å². The maximum Gasteiger partial charge on any atom is 0.410 e. The van der Waals surface area contributed by atoms with Crippen LogP contribution >= 0.6 is 0 Å². The summed E-state index contributed by atoms with van der Waals surface area (Å²) < 4.78 is 19.4. The van der Waals surface area contributed by atoms with E-state index in [0.717, 1.165) is 49.4 Å². The second-order valence-corrected chi connectivity index (χ2v) is 10.8. The summed E-state index contributed by atoms with van der Waals surface area (Å²) in [7, 11) is 2.00. The van der Waals surface area contributed by atoms with E-state index in [1.807, 2.05) is 62.9 Å². The molecule has 2 aliphatic rings. The number of halogens is 1. The number of hydrogen-bond acceptors (Lipinski definition) is 8. The molecule has 0 radical (unpaired) electrons. The number of hydrazine groups is 1. The molecule has 10 heteroatoms. The standard InChI is InChI=1S/C15H15FN4.C15H29N3O2/c1-17-9-14-12-6-4-8-18-15(12)20(19-14)10-11-5-2-3-7-13(11)16;1-6-15(3,4)20-14(19)18-9-7-8-13(18)11-17(5)12(2)10-16/h2-8,14,19H,1,9-10H2;10,13H,6-9,11,16H2,1-5H3/b;12-10+. The van der Waals surface area contributed by atoms with Gasteiger partial charge in [0.25, 0.3) is 0 Å². The molecule has 3 N–H and O–H groups in total. The number of aliphatic imine (C=N–C) groups is 1. The number of rotatable bonds is 9. The van der Waals surface area contributed by atoms with Gasteiger partial charge in [0.2, 0.25) is 0 Å². The van der Waals surface area contributed by atoms with Crippen LogP contribution in [0, 0.1) is 5.82 Å². The molecule has 2 atom stereocenters. The van der Waals surface area contributed by atoms with Gasteiger partial charge in [-0.1, -0.05) is 31.2 Å². The molecular formula is C30H44FN7O2. The predicted octanol–water partition coefficient (Wildman–Crippen LogP) is 5.02. The molecule has 1 saturated heterocycles. The highest BCUT2D eigenvalue weighted by Gasteiger charge is 2.33. The number of likely N-dealkylation sites (N-methyl/N-ethyl adjacent to an activating group) is 1. The van der Waals surface area contributed by atoms with Gasteiger partial charge in [-0.05, 0) is 58.9 Å². The minimum Gasteiger partial charge on any atom is -0.443 e. The molecule has 0 aliphatic carbocycles. The zero-order valence-electron chi connectivity index (χ0n) is 24.4. The van der Waals surface area contributed by atoms with Crippen LogP contribution in [0.15, 0.2) is 59.5 Å². The SMILES string of the molecule is C=NCC1NN(Cc2ccccc2F)c2ncccc21.CCC(C)(C)OC(=O)N1CCCC1CN(C)/C(C)=C/N. The Labute approximate surface area is 237 Å². The highest BCUT2D eigenvalue weighted by Crippen LogP contribution is 2.32. The molecule has 4 rings (SSSR count). The highest BCUT2D eigenvalue weighted by molar-refractivity contribution is 5.69. The minimum atomic E-state index is -0.400. The largest absolute Gasteiger partial charge is 0.443 e. The van der Waals surface area contributed by atoms with E-state index in [1.54, 1.807) is 24.5 Å². The van der Waals surface area contributed by atoms with Gasteiger partial charge >= 0.3 is 6.09 Å². The Morgan fingerprint density at radius 2 is 2.10 bits per heavy atom. The summed E-state index contributed by atoms with van der Waals surface area (Å²) in [6.07, 6.45) is 6.00. The number of amides is 1. The van der Waals surface area contributed by atoms with E-state index < -0.39 is 5.60 Å². The first-order chi connectivity index (χ1) is 19.1. The minimum absolute atomic E-state index is 0.0444. The lowest BCUT2D eigenvalue weighted by atomic mass is 10.1. The fraction of sp³-hybridized carbons (Fsp3) is 0.500. The van der Waals surface area contributed by atoms with Gasteiger partial charge in [0.15, 0.2) is 0 Å². The smallest absolute Gasteiger partial charge is 0.410 e. The number of fused-ring (bicyclic) bond motifs is 1. The van der Waals surface area contributed by atoms with Crippen molar-refractivity contribution in [1.29, 1.82) is 0 Å². The maximum atomic E-state index is 13.8. The van der Waals surface area contributed by atoms with Gasteiger partial charge in [-0.15, -0.1) is 0 Å². The van der Waals surface area contributed by atoms with Gasteiger partial charge in [-0.2, -0.15) is 0 Å². The molecule has 1 amide bonds. The zero-order valence-corrected chi connectivity index (χ0v) is 24.4. The van der Waals surface area contributed by atoms with Gasteiger partial charge in [0, 0.05) is 49.4 Å². The van der Waals surface area contributed by atoms with Crippen LogP contribution in [-0.2, 0) is 11.3 Å². The summed E-state index contributed by atoms with van der Waals surface area (Å²) in [5, 5.41) is 1.86. The summed E-state index contributed by atoms with van der Waals surface area (Å²) in [4.78, 5) is 24.6. The number of allylic oxidation sites excluding steroid dienone is 1. The van der Waals surface area contributed by atoms with E-state index in [4.69, 9.17) is 10.5 Å². The molecule has 2 aliphatic heterocycles. The third-order valence-electron chi connectivity index (χ3n) is 7.51. The van der Waals surface area contributed by atoms with E-state index in [2.05, 4.69) is 27.0 Å². The summed E-state index contributed by atoms with van der Waals surface area (Å²) in [5.74, 6) is 0.612. The number of nitrogens with zero attached hydrogens (tertiary/aromatic N) is 5. The van der Waals surface area contributed by atoms with Crippen molar-refractivity contribution in [3.8, 4) is 0 Å². The van der Waals surface area contributed by atoms with E-state index in [-0.39, 0.29) is 24.0 Å². The number of pyridine rings is 1. The van der Waals surface area contributed by atoms with Crippen LogP contribution in [0.4, 0.5) is 15.0 Å². The summed E-state index contributed by atoms with van der Waals surface area (Å²) in [6, 6.07) is 10.9. The van der Waals surface area contributed by atoms with Gasteiger partial charge in [0.05, 0.1) is 25.2 Å². The number of nitrogens with two attached hydrogens (primary N) is 1. The van der Waals surface area contributed by atoms with Crippen LogP contribution in [0.1, 0.15) is 64.1 Å². The van der Waals surface area contributed by atoms with Crippen molar-refractivity contribution in [2.75, 3.05) is 31.7 Å². The van der Waals surface area contributed by atoms with Crippen molar-refractivity contribution in [2.45, 2.75) is 71.2 Å². The highest BCUT2D eigenvalue weighted by atomic mass is 19.1. The number of nitrogens with one attached hydrogen (secondary N) is 1. The van der Waals surface area contributed by atoms with Crippen molar-refractivity contribution in [3.05, 3.63) is 71.4 Å². The molecule has 9 nitrogen and oxygen atoms in total. The lowest BCUT2D eigenvalue weighted by molar-refractivity contribution is 0.00792. The van der Waals surface area contributed by atoms with Crippen molar-refractivity contribution in [3.63, 3.8) is 0 Å². The molecule has 0 saturated carbocycles. The molecule has 40 heavy (non-hydrogen) atoms. The number of carbonyl (C=O) groups excluding carboxylic acids is 1. The van der Waals surface area contributed by atoms with Crippen LogP contribution in [0.25, 0.3) is 0 Å². The van der Waals surface area contributed by atoms with Crippen LogP contribution in [0.3, 0.4) is 0 Å². The van der Waals surface area contributed by atoms with Crippen molar-refractivity contribution in [2.24, 2.45) is 10.7 Å². The number of aromatic nitrogens is 1. The molecule has 2 aromatic rings. The van der Waals surface area contributed by atoms with Crippen molar-refractivity contribution < 1.29 is 13.9 Å². The molecule has 0 spiro atoms. The Bertz CT molecular complexity index is 1170. The summed E-state index contributed by atoms with van der Waals surface area (Å²) in [6.45, 7) is 14.0. The van der Waals surface area contributed by atoms with E-state index >= 15 is 0 Å². The second kappa shape index (κ2) is 14.1. The predicted molar refractivity (Wildman–Crippen MR) is 158 cm³/mol. The molecular weight excluding hydrogens is 509 g/mol. The summed E-state index contributed by atoms with van der Waals surface area (Å²) in [5.41, 5.74) is 11.1. The van der Waals surface area contributed by atoms with Gasteiger partial charge in [-0.25, -0.2) is 19.6 Å². The van der Waals surface area contributed by atoms with Crippen LogP contribution < -0.4 is 16.2 Å². The number of benzene rings is 1. The lowest BCUT2D eigenvalue weighted by Gasteiger charge is -2.32. The number of hydrogen-bond donors (Lipinski definition) is 2. The molecule has 1 aromatic heterocycles. The molecule has 3 heterocycles. The first-order valence-electron chi connectivity index (χ1n) is 13.8. The monoisotopic (exact) mass is 553 g/mol. The molecule has 2 unspecified atom stereocenters. The first-order valence-corrected chi connectivity index (χ1v) is 13.8. The molecule has 218 valence electrons. The van der Waals surface area contributed by atoms with Crippen LogP contribution in [0.5, 0.6) is 0 Å². The Balaban J connectivity index is 0.000000220. The third-order valence-corrected chi connectivity index (χ3v) is 7.51. The topological polar surface area (TPSA) is 99.3 Å². The number of carbonyl (C=O) groups is 1. The molecule has 1 aromatic carbocycles. The average Bonchev–Trinajstić information content (AvgIpc) is 3.55. The van der Waals surface area contributed by atoms with E-state index in [9.17, 15) is 9.18 Å². The Morgan fingerprint density at radius 1 is 1.35 bits per heavy atom. The quantitative estimate of drug-likeness (QED) is 0.421. The Kier molecular flexibility index (Phi) is 10.9. The van der Waals surface area contributed by atoms with Crippen molar-refractivity contribution in [1.82, 2.24) is 20.2 Å². The molecule has 1 fully saturated rings. The molecule has 0 bridgehead atoms. The fourth-order valence-electron chi connectivity index (χ4n) is 4.63. The maximum absolute atomic E-state index is 13.8. The fourth-order valence-corrected chi connectivity index (χ4v) is 4.63. The normalized spacial score (nSPS) is 18.6. The lowest BCUT2D eigenvalue weighted by Crippen LogP contribution is -2.44. The van der Waals surface area contributed by atoms with Crippen molar-refractivity contribution >= 4 is 18.6 Å². The van der Waals surface area contributed by atoms with Gasteiger partial charge in [-0.3, -0.25) is 10.0 Å². The van der Waals surface area contributed by atoms with Crippen LogP contribution in [-0.4, -0.2) is 65.9 Å².